The molecule has 0 spiro atoms. The minimum atomic E-state index is -1.37. The van der Waals surface area contributed by atoms with Gasteiger partial charge in [-0.2, -0.15) is 9.65 Å². The Balaban J connectivity index is 3.38. The standard InChI is InChI=1S/C10H8F3NO/c1-5(2)15-10-6(4-14)7(11)3-8(12)9(10)13/h3,5H,1-2H3. The molecule has 0 unspecified atom stereocenters. The van der Waals surface area contributed by atoms with Gasteiger partial charge in [0.2, 0.25) is 5.82 Å². The predicted molar refractivity (Wildman–Crippen MR) is 46.8 cm³/mol. The summed E-state index contributed by atoms with van der Waals surface area (Å²) in [6.45, 7) is 3.12. The second-order valence-corrected chi connectivity index (χ2v) is 3.14. The van der Waals surface area contributed by atoms with Gasteiger partial charge >= 0.3 is 0 Å². The summed E-state index contributed by atoms with van der Waals surface area (Å²) in [6.07, 6.45) is -0.479. The number of nitriles is 1. The molecular formula is C10H8F3NO. The van der Waals surface area contributed by atoms with E-state index in [0.717, 1.165) is 0 Å². The van der Waals surface area contributed by atoms with Gasteiger partial charge in [0, 0.05) is 6.07 Å². The lowest BCUT2D eigenvalue weighted by Crippen LogP contribution is -2.10. The van der Waals surface area contributed by atoms with E-state index in [0.29, 0.717) is 6.07 Å². The van der Waals surface area contributed by atoms with Crippen LogP contribution in [0, 0.1) is 28.8 Å². The summed E-state index contributed by atoms with van der Waals surface area (Å²) in [4.78, 5) is 0. The highest BCUT2D eigenvalue weighted by atomic mass is 19.2. The van der Waals surface area contributed by atoms with Gasteiger partial charge in [0.15, 0.2) is 11.6 Å². The van der Waals surface area contributed by atoms with E-state index < -0.39 is 34.9 Å². The molecule has 80 valence electrons. The van der Waals surface area contributed by atoms with Crippen molar-refractivity contribution in [2.75, 3.05) is 0 Å². The minimum Gasteiger partial charge on any atom is -0.486 e. The molecule has 0 heterocycles. The van der Waals surface area contributed by atoms with Gasteiger partial charge < -0.3 is 4.74 Å². The summed E-state index contributed by atoms with van der Waals surface area (Å²) in [6, 6.07) is 1.75. The van der Waals surface area contributed by atoms with Crippen molar-refractivity contribution in [3.8, 4) is 11.8 Å². The van der Waals surface area contributed by atoms with Gasteiger partial charge in [-0.25, -0.2) is 8.78 Å². The lowest BCUT2D eigenvalue weighted by molar-refractivity contribution is 0.225. The van der Waals surface area contributed by atoms with E-state index in [4.69, 9.17) is 10.00 Å². The summed E-state index contributed by atoms with van der Waals surface area (Å²) in [5, 5.41) is 8.57. The zero-order chi connectivity index (χ0) is 11.6. The Morgan fingerprint density at radius 3 is 2.33 bits per heavy atom. The third-order valence-electron chi connectivity index (χ3n) is 1.59. The van der Waals surface area contributed by atoms with Crippen molar-refractivity contribution < 1.29 is 17.9 Å². The second-order valence-electron chi connectivity index (χ2n) is 3.14. The van der Waals surface area contributed by atoms with Crippen LogP contribution in [0.2, 0.25) is 0 Å². The Labute approximate surface area is 84.9 Å². The van der Waals surface area contributed by atoms with Crippen LogP contribution >= 0.6 is 0 Å². The molecule has 0 aliphatic rings. The highest BCUT2D eigenvalue weighted by Gasteiger charge is 2.20. The van der Waals surface area contributed by atoms with Crippen molar-refractivity contribution in [2.45, 2.75) is 20.0 Å². The molecule has 0 bridgehead atoms. The highest BCUT2D eigenvalue weighted by Crippen LogP contribution is 2.28. The summed E-state index contributed by atoms with van der Waals surface area (Å²) in [7, 11) is 0. The van der Waals surface area contributed by atoms with E-state index >= 15 is 0 Å². The fourth-order valence-corrected chi connectivity index (χ4v) is 1.02. The first-order valence-electron chi connectivity index (χ1n) is 4.21. The number of hydrogen-bond donors (Lipinski definition) is 0. The van der Waals surface area contributed by atoms with Gasteiger partial charge in [-0.05, 0) is 13.8 Å². The van der Waals surface area contributed by atoms with Gasteiger partial charge in [-0.15, -0.1) is 0 Å². The molecule has 0 saturated carbocycles. The van der Waals surface area contributed by atoms with E-state index in [9.17, 15) is 13.2 Å². The lowest BCUT2D eigenvalue weighted by Gasteiger charge is -2.12. The molecule has 0 saturated heterocycles. The largest absolute Gasteiger partial charge is 0.486 e. The first-order valence-corrected chi connectivity index (χ1v) is 4.21. The van der Waals surface area contributed by atoms with E-state index in [1.54, 1.807) is 13.8 Å². The average molecular weight is 215 g/mol. The van der Waals surface area contributed by atoms with Crippen molar-refractivity contribution >= 4 is 0 Å². The molecule has 0 amide bonds. The Hall–Kier alpha value is -1.70. The number of hydrogen-bond acceptors (Lipinski definition) is 2. The number of halogens is 3. The van der Waals surface area contributed by atoms with Crippen molar-refractivity contribution in [1.82, 2.24) is 0 Å². The molecule has 0 radical (unpaired) electrons. The fraction of sp³-hybridized carbons (Fsp3) is 0.300. The van der Waals surface area contributed by atoms with Crippen LogP contribution in [0.5, 0.6) is 5.75 Å². The normalized spacial score (nSPS) is 10.2. The van der Waals surface area contributed by atoms with Gasteiger partial charge in [0.25, 0.3) is 0 Å². The second kappa shape index (κ2) is 4.22. The maximum Gasteiger partial charge on any atom is 0.202 e. The van der Waals surface area contributed by atoms with Crippen LogP contribution in [-0.2, 0) is 0 Å². The van der Waals surface area contributed by atoms with Crippen LogP contribution < -0.4 is 4.74 Å². The first kappa shape index (κ1) is 11.4. The van der Waals surface area contributed by atoms with Crippen molar-refractivity contribution in [2.24, 2.45) is 0 Å². The van der Waals surface area contributed by atoms with Crippen LogP contribution in [-0.4, -0.2) is 6.10 Å². The molecule has 0 atom stereocenters. The Morgan fingerprint density at radius 1 is 1.27 bits per heavy atom. The molecule has 0 fully saturated rings. The zero-order valence-electron chi connectivity index (χ0n) is 8.14. The molecule has 0 N–H and O–H groups in total. The molecule has 0 aromatic heterocycles. The third kappa shape index (κ3) is 2.21. The molecule has 0 aliphatic carbocycles. The van der Waals surface area contributed by atoms with Crippen LogP contribution in [0.1, 0.15) is 19.4 Å². The maximum absolute atomic E-state index is 13.2. The number of benzene rings is 1. The van der Waals surface area contributed by atoms with Gasteiger partial charge in [0.1, 0.15) is 17.4 Å². The van der Waals surface area contributed by atoms with Gasteiger partial charge in [-0.1, -0.05) is 0 Å². The zero-order valence-corrected chi connectivity index (χ0v) is 8.14. The van der Waals surface area contributed by atoms with E-state index in [1.807, 2.05) is 0 Å². The molecule has 0 aliphatic heterocycles. The molecule has 1 aromatic rings. The van der Waals surface area contributed by atoms with Gasteiger partial charge in [-0.3, -0.25) is 0 Å². The summed E-state index contributed by atoms with van der Waals surface area (Å²) >= 11 is 0. The van der Waals surface area contributed by atoms with Crippen LogP contribution in [0.15, 0.2) is 6.07 Å². The van der Waals surface area contributed by atoms with E-state index in [1.165, 1.54) is 6.07 Å². The van der Waals surface area contributed by atoms with E-state index in [2.05, 4.69) is 0 Å². The monoisotopic (exact) mass is 215 g/mol. The maximum atomic E-state index is 13.2. The third-order valence-corrected chi connectivity index (χ3v) is 1.59. The Morgan fingerprint density at radius 2 is 1.87 bits per heavy atom. The van der Waals surface area contributed by atoms with Crippen molar-refractivity contribution in [3.63, 3.8) is 0 Å². The summed E-state index contributed by atoms with van der Waals surface area (Å²) in [5.74, 6) is -4.53. The smallest absolute Gasteiger partial charge is 0.202 e. The van der Waals surface area contributed by atoms with Crippen molar-refractivity contribution in [1.29, 1.82) is 5.26 Å². The molecule has 15 heavy (non-hydrogen) atoms. The molecule has 1 rings (SSSR count). The van der Waals surface area contributed by atoms with Gasteiger partial charge in [0.05, 0.1) is 6.10 Å². The fourth-order valence-electron chi connectivity index (χ4n) is 1.02. The molecule has 2 nitrogen and oxygen atoms in total. The minimum absolute atomic E-state index is 0.321. The topological polar surface area (TPSA) is 33.0 Å². The van der Waals surface area contributed by atoms with Crippen LogP contribution in [0.3, 0.4) is 0 Å². The Bertz CT molecular complexity index is 424. The molecule has 5 heteroatoms. The number of rotatable bonds is 2. The molecule has 1 aromatic carbocycles. The highest BCUT2D eigenvalue weighted by molar-refractivity contribution is 5.45. The van der Waals surface area contributed by atoms with Crippen LogP contribution in [0.4, 0.5) is 13.2 Å². The predicted octanol–water partition coefficient (Wildman–Crippen LogP) is 2.76. The molecular weight excluding hydrogens is 207 g/mol. The van der Waals surface area contributed by atoms with Crippen LogP contribution in [0.25, 0.3) is 0 Å². The summed E-state index contributed by atoms with van der Waals surface area (Å²) in [5.41, 5.74) is -0.623. The lowest BCUT2D eigenvalue weighted by atomic mass is 10.2. The number of nitrogens with zero attached hydrogens (tertiary/aromatic N) is 1. The SMILES string of the molecule is CC(C)Oc1c(F)c(F)cc(F)c1C#N. The number of ether oxygens (including phenoxy) is 1. The van der Waals surface area contributed by atoms with E-state index in [-0.39, 0.29) is 0 Å². The first-order chi connectivity index (χ1) is 6.97. The Kier molecular flexibility index (Phi) is 3.20. The quantitative estimate of drug-likeness (QED) is 0.710. The average Bonchev–Trinajstić information content (AvgIpc) is 2.13. The van der Waals surface area contributed by atoms with Crippen molar-refractivity contribution in [3.05, 3.63) is 29.1 Å². The summed E-state index contributed by atoms with van der Waals surface area (Å²) < 4.78 is 43.9.